The maximum atomic E-state index is 4.29. The highest BCUT2D eigenvalue weighted by molar-refractivity contribution is 8.01. The van der Waals surface area contributed by atoms with Gasteiger partial charge in [0.1, 0.15) is 0 Å². The predicted octanol–water partition coefficient (Wildman–Crippen LogP) is 3.71. The molecule has 0 aliphatic rings. The molecule has 1 aromatic heterocycles. The zero-order chi connectivity index (χ0) is 12.1. The Bertz CT molecular complexity index is 466. The lowest BCUT2D eigenvalue weighted by Crippen LogP contribution is -2.11. The van der Waals surface area contributed by atoms with Gasteiger partial charge in [0, 0.05) is 23.0 Å². The van der Waals surface area contributed by atoms with Crippen molar-refractivity contribution in [3.63, 3.8) is 0 Å². The van der Waals surface area contributed by atoms with Gasteiger partial charge in [0.25, 0.3) is 0 Å². The van der Waals surface area contributed by atoms with E-state index in [1.807, 2.05) is 11.6 Å². The molecule has 1 heterocycles. The number of aromatic nitrogens is 1. The van der Waals surface area contributed by atoms with Crippen molar-refractivity contribution in [2.45, 2.75) is 29.6 Å². The molecule has 0 atom stereocenters. The summed E-state index contributed by atoms with van der Waals surface area (Å²) in [5.41, 5.74) is 2.66. The van der Waals surface area contributed by atoms with Gasteiger partial charge < -0.3 is 5.32 Å². The van der Waals surface area contributed by atoms with E-state index in [0.717, 1.165) is 17.4 Å². The van der Waals surface area contributed by atoms with Crippen LogP contribution in [0.5, 0.6) is 0 Å². The molecule has 90 valence electrons. The van der Waals surface area contributed by atoms with Crippen LogP contribution in [0.3, 0.4) is 0 Å². The maximum Gasteiger partial charge on any atom is 0.154 e. The van der Waals surface area contributed by atoms with E-state index in [1.165, 1.54) is 16.0 Å². The van der Waals surface area contributed by atoms with Gasteiger partial charge in [-0.1, -0.05) is 30.8 Å². The van der Waals surface area contributed by atoms with Gasteiger partial charge in [-0.05, 0) is 30.7 Å². The molecule has 2 aromatic rings. The molecular weight excluding hydrogens is 248 g/mol. The quantitative estimate of drug-likeness (QED) is 0.891. The van der Waals surface area contributed by atoms with Crippen LogP contribution in [-0.4, -0.2) is 11.5 Å². The second-order valence-electron chi connectivity index (χ2n) is 3.78. The summed E-state index contributed by atoms with van der Waals surface area (Å²) < 4.78 is 1.10. The van der Waals surface area contributed by atoms with Gasteiger partial charge in [0.2, 0.25) is 0 Å². The third-order valence-corrected chi connectivity index (χ3v) is 4.49. The van der Waals surface area contributed by atoms with Gasteiger partial charge in [-0.25, -0.2) is 4.98 Å². The number of benzene rings is 1. The standard InChI is InChI=1S/C13H16N2S2/c1-3-14-9-11-4-5-12(10(2)8-11)17-13-15-6-7-16-13/h4-8,14H,3,9H2,1-2H3. The molecule has 0 radical (unpaired) electrons. The number of thiazole rings is 1. The summed E-state index contributed by atoms with van der Waals surface area (Å²) in [6.45, 7) is 6.24. The lowest BCUT2D eigenvalue weighted by Gasteiger charge is -2.07. The van der Waals surface area contributed by atoms with Crippen LogP contribution in [-0.2, 0) is 6.54 Å². The third-order valence-electron chi connectivity index (χ3n) is 2.43. The third kappa shape index (κ3) is 3.56. The highest BCUT2D eigenvalue weighted by Crippen LogP contribution is 2.31. The van der Waals surface area contributed by atoms with Crippen LogP contribution in [0.15, 0.2) is 39.0 Å². The normalized spacial score (nSPS) is 10.7. The van der Waals surface area contributed by atoms with Gasteiger partial charge in [-0.2, -0.15) is 0 Å². The lowest BCUT2D eigenvalue weighted by molar-refractivity contribution is 0.726. The fraction of sp³-hybridized carbons (Fsp3) is 0.308. The van der Waals surface area contributed by atoms with Gasteiger partial charge >= 0.3 is 0 Å². The van der Waals surface area contributed by atoms with Crippen LogP contribution >= 0.6 is 23.1 Å². The fourth-order valence-electron chi connectivity index (χ4n) is 1.56. The van der Waals surface area contributed by atoms with Gasteiger partial charge in [-0.15, -0.1) is 11.3 Å². The molecule has 2 rings (SSSR count). The predicted molar refractivity (Wildman–Crippen MR) is 74.8 cm³/mol. The minimum atomic E-state index is 0.944. The van der Waals surface area contributed by atoms with E-state index in [1.54, 1.807) is 23.1 Å². The smallest absolute Gasteiger partial charge is 0.154 e. The summed E-state index contributed by atoms with van der Waals surface area (Å²) >= 11 is 3.42. The summed E-state index contributed by atoms with van der Waals surface area (Å²) in [5.74, 6) is 0. The summed E-state index contributed by atoms with van der Waals surface area (Å²) in [6.07, 6.45) is 1.85. The molecule has 1 aromatic carbocycles. The molecule has 0 amide bonds. The van der Waals surface area contributed by atoms with E-state index >= 15 is 0 Å². The highest BCUT2D eigenvalue weighted by atomic mass is 32.2. The van der Waals surface area contributed by atoms with Gasteiger partial charge in [0.15, 0.2) is 4.34 Å². The zero-order valence-electron chi connectivity index (χ0n) is 10.1. The van der Waals surface area contributed by atoms with E-state index in [0.29, 0.717) is 0 Å². The second-order valence-corrected chi connectivity index (χ2v) is 5.96. The molecule has 2 nitrogen and oxygen atoms in total. The number of hydrogen-bond acceptors (Lipinski definition) is 4. The Balaban J connectivity index is 2.09. The Morgan fingerprint density at radius 2 is 2.29 bits per heavy atom. The minimum Gasteiger partial charge on any atom is -0.313 e. The molecule has 0 unspecified atom stereocenters. The van der Waals surface area contributed by atoms with Crippen LogP contribution in [0, 0.1) is 6.92 Å². The molecule has 0 spiro atoms. The SMILES string of the molecule is CCNCc1ccc(Sc2nccs2)c(C)c1. The minimum absolute atomic E-state index is 0.944. The number of rotatable bonds is 5. The van der Waals surface area contributed by atoms with Crippen molar-refractivity contribution >= 4 is 23.1 Å². The number of nitrogens with zero attached hydrogens (tertiary/aromatic N) is 1. The molecule has 0 saturated heterocycles. The molecule has 17 heavy (non-hydrogen) atoms. The van der Waals surface area contributed by atoms with E-state index in [4.69, 9.17) is 0 Å². The number of hydrogen-bond donors (Lipinski definition) is 1. The zero-order valence-corrected chi connectivity index (χ0v) is 11.7. The van der Waals surface area contributed by atoms with Crippen LogP contribution in [0.2, 0.25) is 0 Å². The highest BCUT2D eigenvalue weighted by Gasteiger charge is 2.04. The van der Waals surface area contributed by atoms with Crippen molar-refractivity contribution in [1.82, 2.24) is 10.3 Å². The Hall–Kier alpha value is -0.840. The van der Waals surface area contributed by atoms with Gasteiger partial charge in [-0.3, -0.25) is 0 Å². The first-order valence-electron chi connectivity index (χ1n) is 5.67. The summed E-state index contributed by atoms with van der Waals surface area (Å²) in [7, 11) is 0. The Kier molecular flexibility index (Phi) is 4.59. The van der Waals surface area contributed by atoms with Crippen LogP contribution < -0.4 is 5.32 Å². The molecular formula is C13H16N2S2. The van der Waals surface area contributed by atoms with E-state index in [2.05, 4.69) is 42.3 Å². The van der Waals surface area contributed by atoms with Crippen LogP contribution in [0.4, 0.5) is 0 Å². The molecule has 0 saturated carbocycles. The second kappa shape index (κ2) is 6.19. The summed E-state index contributed by atoms with van der Waals surface area (Å²) in [5, 5.41) is 5.35. The molecule has 0 aliphatic heterocycles. The Morgan fingerprint density at radius 1 is 1.41 bits per heavy atom. The van der Waals surface area contributed by atoms with Crippen molar-refractivity contribution in [1.29, 1.82) is 0 Å². The number of aryl methyl sites for hydroxylation is 1. The molecule has 0 bridgehead atoms. The molecule has 0 fully saturated rings. The first-order chi connectivity index (χ1) is 8.29. The van der Waals surface area contributed by atoms with E-state index in [9.17, 15) is 0 Å². The van der Waals surface area contributed by atoms with Crippen LogP contribution in [0.25, 0.3) is 0 Å². The number of nitrogens with one attached hydrogen (secondary N) is 1. The Morgan fingerprint density at radius 3 is 2.94 bits per heavy atom. The lowest BCUT2D eigenvalue weighted by atomic mass is 10.1. The first kappa shape index (κ1) is 12.6. The maximum absolute atomic E-state index is 4.29. The van der Waals surface area contributed by atoms with Crippen molar-refractivity contribution < 1.29 is 0 Å². The topological polar surface area (TPSA) is 24.9 Å². The first-order valence-corrected chi connectivity index (χ1v) is 7.37. The molecule has 1 N–H and O–H groups in total. The molecule has 0 aliphatic carbocycles. The van der Waals surface area contributed by atoms with E-state index in [-0.39, 0.29) is 0 Å². The van der Waals surface area contributed by atoms with E-state index < -0.39 is 0 Å². The summed E-state index contributed by atoms with van der Waals surface area (Å²) in [4.78, 5) is 5.59. The van der Waals surface area contributed by atoms with Crippen LogP contribution in [0.1, 0.15) is 18.1 Å². The van der Waals surface area contributed by atoms with Crippen molar-refractivity contribution in [2.75, 3.05) is 6.54 Å². The van der Waals surface area contributed by atoms with Crippen molar-refractivity contribution in [3.05, 3.63) is 40.9 Å². The largest absolute Gasteiger partial charge is 0.313 e. The monoisotopic (exact) mass is 264 g/mol. The fourth-order valence-corrected chi connectivity index (χ4v) is 3.21. The van der Waals surface area contributed by atoms with Crippen molar-refractivity contribution in [2.24, 2.45) is 0 Å². The van der Waals surface area contributed by atoms with Gasteiger partial charge in [0.05, 0.1) is 0 Å². The summed E-state index contributed by atoms with van der Waals surface area (Å²) in [6, 6.07) is 6.62. The molecule has 4 heteroatoms. The average Bonchev–Trinajstić information content (AvgIpc) is 2.82. The average molecular weight is 264 g/mol. The van der Waals surface area contributed by atoms with Crippen molar-refractivity contribution in [3.8, 4) is 0 Å². The Labute approximate surface area is 110 Å².